The summed E-state index contributed by atoms with van der Waals surface area (Å²) in [7, 11) is 2.25. The Morgan fingerprint density at radius 2 is 1.25 bits per heavy atom. The van der Waals surface area contributed by atoms with Gasteiger partial charge in [-0.05, 0) is 36.4 Å². The summed E-state index contributed by atoms with van der Waals surface area (Å²) in [5.74, 6) is 0.286. The molecule has 5 nitrogen and oxygen atoms in total. The first kappa shape index (κ1) is 18.1. The molecule has 140 valence electrons. The lowest BCUT2D eigenvalue weighted by Crippen LogP contribution is -2.14. The van der Waals surface area contributed by atoms with Crippen LogP contribution < -0.4 is 4.74 Å². The molecule has 6 heteroatoms. The number of rotatable bonds is 3. The SMILES string of the molecule is COC(=O)c1ccc2c(c1)Oc1cc(C(=O)OC)ccc1[S+]2c1ccccc1. The summed E-state index contributed by atoms with van der Waals surface area (Å²) in [4.78, 5) is 26.9. The molecule has 0 amide bonds. The van der Waals surface area contributed by atoms with E-state index in [0.717, 1.165) is 14.7 Å². The normalized spacial score (nSPS) is 12.4. The molecular weight excluding hydrogens is 376 g/mol. The van der Waals surface area contributed by atoms with Crippen molar-refractivity contribution in [3.8, 4) is 11.5 Å². The van der Waals surface area contributed by atoms with Gasteiger partial charge in [-0.3, -0.25) is 0 Å². The molecule has 0 saturated heterocycles. The van der Waals surface area contributed by atoms with Crippen LogP contribution in [-0.4, -0.2) is 26.2 Å². The molecule has 1 heterocycles. The van der Waals surface area contributed by atoms with Crippen LogP contribution in [0.2, 0.25) is 0 Å². The van der Waals surface area contributed by atoms with Gasteiger partial charge in [0, 0.05) is 12.1 Å². The van der Waals surface area contributed by atoms with E-state index in [1.54, 1.807) is 24.3 Å². The molecule has 0 atom stereocenters. The van der Waals surface area contributed by atoms with Gasteiger partial charge in [0.1, 0.15) is 10.9 Å². The lowest BCUT2D eigenvalue weighted by Gasteiger charge is -2.20. The zero-order chi connectivity index (χ0) is 19.7. The van der Waals surface area contributed by atoms with E-state index in [0.29, 0.717) is 22.6 Å². The first-order chi connectivity index (χ1) is 13.6. The first-order valence-electron chi connectivity index (χ1n) is 8.54. The van der Waals surface area contributed by atoms with Crippen LogP contribution >= 0.6 is 0 Å². The van der Waals surface area contributed by atoms with Crippen LogP contribution in [0.1, 0.15) is 20.7 Å². The quantitative estimate of drug-likeness (QED) is 0.380. The Labute approximate surface area is 165 Å². The van der Waals surface area contributed by atoms with Crippen molar-refractivity contribution in [2.24, 2.45) is 0 Å². The van der Waals surface area contributed by atoms with Gasteiger partial charge in [0.05, 0.1) is 25.3 Å². The number of fused-ring (bicyclic) bond motifs is 2. The highest BCUT2D eigenvalue weighted by atomic mass is 32.2. The number of benzene rings is 3. The fourth-order valence-corrected chi connectivity index (χ4v) is 5.24. The predicted octanol–water partition coefficient (Wildman–Crippen LogP) is 4.46. The highest BCUT2D eigenvalue weighted by Gasteiger charge is 2.40. The van der Waals surface area contributed by atoms with E-state index in [1.807, 2.05) is 30.3 Å². The van der Waals surface area contributed by atoms with Gasteiger partial charge in [-0.15, -0.1) is 0 Å². The Kier molecular flexibility index (Phi) is 4.79. The smallest absolute Gasteiger partial charge is 0.337 e. The van der Waals surface area contributed by atoms with Gasteiger partial charge in [-0.1, -0.05) is 18.2 Å². The summed E-state index contributed by atoms with van der Waals surface area (Å²) >= 11 is 0. The number of hydrogen-bond donors (Lipinski definition) is 0. The summed E-state index contributed by atoms with van der Waals surface area (Å²) < 4.78 is 15.7. The zero-order valence-corrected chi connectivity index (χ0v) is 16.1. The lowest BCUT2D eigenvalue weighted by molar-refractivity contribution is 0.0592. The molecule has 28 heavy (non-hydrogen) atoms. The maximum absolute atomic E-state index is 11.9. The van der Waals surface area contributed by atoms with Crippen LogP contribution in [0.15, 0.2) is 81.4 Å². The highest BCUT2D eigenvalue weighted by Crippen LogP contribution is 2.47. The van der Waals surface area contributed by atoms with E-state index in [-0.39, 0.29) is 0 Å². The monoisotopic (exact) mass is 393 g/mol. The molecule has 3 aromatic rings. The number of carbonyl (C=O) groups excluding carboxylic acids is 2. The van der Waals surface area contributed by atoms with Crippen molar-refractivity contribution < 1.29 is 23.8 Å². The number of esters is 2. The van der Waals surface area contributed by atoms with Gasteiger partial charge in [-0.2, -0.15) is 0 Å². The Balaban J connectivity index is 1.89. The fourth-order valence-electron chi connectivity index (χ4n) is 3.05. The maximum Gasteiger partial charge on any atom is 0.337 e. The van der Waals surface area contributed by atoms with Gasteiger partial charge in [-0.25, -0.2) is 9.59 Å². The summed E-state index contributed by atoms with van der Waals surface area (Å²) in [6.07, 6.45) is 0. The third-order valence-electron chi connectivity index (χ3n) is 4.37. The Morgan fingerprint density at radius 1 is 0.750 bits per heavy atom. The molecule has 0 spiro atoms. The van der Waals surface area contributed by atoms with Crippen LogP contribution in [-0.2, 0) is 20.4 Å². The molecule has 4 rings (SSSR count). The molecular formula is C22H17O5S+. The topological polar surface area (TPSA) is 61.8 Å². The van der Waals surface area contributed by atoms with E-state index < -0.39 is 22.8 Å². The number of methoxy groups -OCH3 is 2. The van der Waals surface area contributed by atoms with Gasteiger partial charge < -0.3 is 14.2 Å². The second-order valence-electron chi connectivity index (χ2n) is 6.03. The molecule has 0 radical (unpaired) electrons. The predicted molar refractivity (Wildman–Crippen MR) is 104 cm³/mol. The van der Waals surface area contributed by atoms with E-state index in [9.17, 15) is 9.59 Å². The molecule has 0 fully saturated rings. The second-order valence-corrected chi connectivity index (χ2v) is 7.99. The van der Waals surface area contributed by atoms with E-state index in [2.05, 4.69) is 12.1 Å². The third-order valence-corrected chi connectivity index (χ3v) is 6.67. The van der Waals surface area contributed by atoms with Gasteiger partial charge in [0.2, 0.25) is 9.79 Å². The summed E-state index contributed by atoms with van der Waals surface area (Å²) in [5.41, 5.74) is 0.816. The molecule has 3 aromatic carbocycles. The Morgan fingerprint density at radius 3 is 1.71 bits per heavy atom. The van der Waals surface area contributed by atoms with Crippen molar-refractivity contribution in [1.29, 1.82) is 0 Å². The second kappa shape index (κ2) is 7.40. The number of hydrogen-bond acceptors (Lipinski definition) is 5. The molecule has 0 aliphatic carbocycles. The molecule has 0 unspecified atom stereocenters. The van der Waals surface area contributed by atoms with Crippen molar-refractivity contribution in [1.82, 2.24) is 0 Å². The third kappa shape index (κ3) is 3.12. The minimum atomic E-state index is -0.434. The minimum Gasteiger partial charge on any atom is -0.465 e. The summed E-state index contributed by atoms with van der Waals surface area (Å²) in [6.45, 7) is 0. The summed E-state index contributed by atoms with van der Waals surface area (Å²) in [6, 6.07) is 20.7. The number of carbonyl (C=O) groups is 2. The minimum absolute atomic E-state index is 0.408. The van der Waals surface area contributed by atoms with E-state index >= 15 is 0 Å². The van der Waals surface area contributed by atoms with Gasteiger partial charge >= 0.3 is 11.9 Å². The lowest BCUT2D eigenvalue weighted by atomic mass is 10.2. The first-order valence-corrected chi connectivity index (χ1v) is 9.77. The van der Waals surface area contributed by atoms with Crippen molar-refractivity contribution in [3.63, 3.8) is 0 Å². The average Bonchev–Trinajstić information content (AvgIpc) is 2.76. The largest absolute Gasteiger partial charge is 0.465 e. The van der Waals surface area contributed by atoms with Crippen molar-refractivity contribution >= 4 is 22.8 Å². The molecule has 0 saturated carbocycles. The Hall–Kier alpha value is -3.25. The van der Waals surface area contributed by atoms with E-state index in [1.165, 1.54) is 14.2 Å². The average molecular weight is 393 g/mol. The molecule has 1 aliphatic heterocycles. The van der Waals surface area contributed by atoms with Crippen LogP contribution in [0.4, 0.5) is 0 Å². The molecule has 0 aromatic heterocycles. The van der Waals surface area contributed by atoms with Crippen LogP contribution in [0.25, 0.3) is 0 Å². The fraction of sp³-hybridized carbons (Fsp3) is 0.0909. The van der Waals surface area contributed by atoms with Gasteiger partial charge in [0.25, 0.3) is 0 Å². The van der Waals surface area contributed by atoms with Crippen LogP contribution in [0, 0.1) is 0 Å². The number of ether oxygens (including phenoxy) is 3. The van der Waals surface area contributed by atoms with Crippen LogP contribution in [0.3, 0.4) is 0 Å². The van der Waals surface area contributed by atoms with Gasteiger partial charge in [0.15, 0.2) is 16.4 Å². The molecule has 1 aliphatic rings. The molecule has 0 bridgehead atoms. The molecule has 0 N–H and O–H groups in total. The zero-order valence-electron chi connectivity index (χ0n) is 15.3. The van der Waals surface area contributed by atoms with Crippen molar-refractivity contribution in [3.05, 3.63) is 77.9 Å². The van der Waals surface area contributed by atoms with Crippen LogP contribution in [0.5, 0.6) is 11.5 Å². The standard InChI is InChI=1S/C22H17O5S/c1-25-21(23)14-8-10-19-17(12-14)27-18-13-15(22(24)26-2)9-11-20(18)28(19)16-6-4-3-5-7-16/h3-13H,1-2H3/q+1. The maximum atomic E-state index is 11.9. The van der Waals surface area contributed by atoms with Crippen molar-refractivity contribution in [2.45, 2.75) is 14.7 Å². The van der Waals surface area contributed by atoms with E-state index in [4.69, 9.17) is 14.2 Å². The Bertz CT molecular complexity index is 996. The highest BCUT2D eigenvalue weighted by molar-refractivity contribution is 7.97. The van der Waals surface area contributed by atoms with Crippen molar-refractivity contribution in [2.75, 3.05) is 14.2 Å². The summed E-state index contributed by atoms with van der Waals surface area (Å²) in [5, 5.41) is 0.